The molecule has 1 aromatic rings. The second kappa shape index (κ2) is 6.71. The largest absolute Gasteiger partial charge is 0.380 e. The average Bonchev–Trinajstić information content (AvgIpc) is 2.28. The molecule has 0 N–H and O–H groups in total. The summed E-state index contributed by atoms with van der Waals surface area (Å²) in [5, 5.41) is 0. The Morgan fingerprint density at radius 1 is 1.53 bits per heavy atom. The summed E-state index contributed by atoms with van der Waals surface area (Å²) < 4.78 is 19.2. The predicted molar refractivity (Wildman–Crippen MR) is 67.6 cm³/mol. The minimum atomic E-state index is -0.521. The lowest BCUT2D eigenvalue weighted by Gasteiger charge is -2.18. The lowest BCUT2D eigenvalue weighted by Crippen LogP contribution is -2.31. The van der Waals surface area contributed by atoms with Crippen molar-refractivity contribution >= 4 is 21.8 Å². The molecule has 0 heterocycles. The van der Waals surface area contributed by atoms with Crippen molar-refractivity contribution in [1.29, 1.82) is 0 Å². The highest BCUT2D eigenvalue weighted by molar-refractivity contribution is 9.10. The lowest BCUT2D eigenvalue weighted by molar-refractivity contribution is 0.0704. The molecule has 0 aromatic heterocycles. The minimum Gasteiger partial charge on any atom is -0.380 e. The highest BCUT2D eigenvalue weighted by Crippen LogP contribution is 2.20. The van der Waals surface area contributed by atoms with Gasteiger partial charge in [0.15, 0.2) is 0 Å². The topological polar surface area (TPSA) is 29.5 Å². The summed E-state index contributed by atoms with van der Waals surface area (Å²) in [6, 6.07) is 4.47. The Morgan fingerprint density at radius 2 is 2.24 bits per heavy atom. The molecule has 0 fully saturated rings. The van der Waals surface area contributed by atoms with Crippen molar-refractivity contribution in [3.8, 4) is 0 Å². The Hall–Kier alpha value is -0.940. The molecule has 0 radical (unpaired) electrons. The maximum absolute atomic E-state index is 13.5. The SMILES string of the molecule is CCOCCN(C)C(=O)c1c(F)cccc1Br. The van der Waals surface area contributed by atoms with Gasteiger partial charge in [0.2, 0.25) is 0 Å². The first kappa shape index (κ1) is 14.1. The highest BCUT2D eigenvalue weighted by Gasteiger charge is 2.18. The summed E-state index contributed by atoms with van der Waals surface area (Å²) in [6.45, 7) is 3.37. The molecule has 0 unspecified atom stereocenters. The predicted octanol–water partition coefficient (Wildman–Crippen LogP) is 2.70. The van der Waals surface area contributed by atoms with E-state index in [2.05, 4.69) is 15.9 Å². The van der Waals surface area contributed by atoms with E-state index in [1.165, 1.54) is 11.0 Å². The molecule has 5 heteroatoms. The van der Waals surface area contributed by atoms with E-state index in [1.54, 1.807) is 19.2 Å². The van der Waals surface area contributed by atoms with Gasteiger partial charge in [0.1, 0.15) is 5.82 Å². The van der Waals surface area contributed by atoms with Gasteiger partial charge in [0, 0.05) is 24.7 Å². The second-order valence-electron chi connectivity index (χ2n) is 3.52. The van der Waals surface area contributed by atoms with Crippen molar-refractivity contribution in [1.82, 2.24) is 4.90 Å². The number of carbonyl (C=O) groups excluding carboxylic acids is 1. The van der Waals surface area contributed by atoms with Crippen molar-refractivity contribution in [2.45, 2.75) is 6.92 Å². The fourth-order valence-electron chi connectivity index (χ4n) is 1.34. The van der Waals surface area contributed by atoms with Crippen LogP contribution < -0.4 is 0 Å². The fraction of sp³-hybridized carbons (Fsp3) is 0.417. The van der Waals surface area contributed by atoms with Crippen molar-refractivity contribution in [3.63, 3.8) is 0 Å². The Balaban J connectivity index is 2.75. The molecule has 0 spiro atoms. The first-order chi connectivity index (χ1) is 8.07. The third-order valence-electron chi connectivity index (χ3n) is 2.30. The maximum Gasteiger partial charge on any atom is 0.257 e. The molecular weight excluding hydrogens is 289 g/mol. The molecule has 0 bridgehead atoms. The standard InChI is InChI=1S/C12H15BrFNO2/c1-3-17-8-7-15(2)12(16)11-9(13)5-4-6-10(11)14/h4-6H,3,7-8H2,1-2H3. The van der Waals surface area contributed by atoms with Crippen LogP contribution in [0.25, 0.3) is 0 Å². The Labute approximate surface area is 109 Å². The number of nitrogens with zero attached hydrogens (tertiary/aromatic N) is 1. The molecule has 0 aliphatic carbocycles. The Bertz CT molecular complexity index is 378. The molecule has 94 valence electrons. The van der Waals surface area contributed by atoms with Gasteiger partial charge in [-0.05, 0) is 35.0 Å². The molecule has 1 aromatic carbocycles. The van der Waals surface area contributed by atoms with Gasteiger partial charge in [-0.2, -0.15) is 0 Å². The van der Waals surface area contributed by atoms with E-state index in [-0.39, 0.29) is 11.5 Å². The number of halogens is 2. The van der Waals surface area contributed by atoms with Gasteiger partial charge in [-0.1, -0.05) is 6.07 Å². The number of ether oxygens (including phenoxy) is 1. The normalized spacial score (nSPS) is 10.4. The summed E-state index contributed by atoms with van der Waals surface area (Å²) in [5.74, 6) is -0.873. The molecule has 0 atom stereocenters. The summed E-state index contributed by atoms with van der Waals surface area (Å²) in [4.78, 5) is 13.4. The van der Waals surface area contributed by atoms with Crippen molar-refractivity contribution < 1.29 is 13.9 Å². The first-order valence-electron chi connectivity index (χ1n) is 5.35. The number of hydrogen-bond acceptors (Lipinski definition) is 2. The quantitative estimate of drug-likeness (QED) is 0.783. The third kappa shape index (κ3) is 3.78. The Kier molecular flexibility index (Phi) is 5.58. The molecular formula is C12H15BrFNO2. The number of rotatable bonds is 5. The third-order valence-corrected chi connectivity index (χ3v) is 2.96. The summed E-state index contributed by atoms with van der Waals surface area (Å²) >= 11 is 3.18. The van der Waals surface area contributed by atoms with Crippen LogP contribution in [0.1, 0.15) is 17.3 Å². The summed E-state index contributed by atoms with van der Waals surface area (Å²) in [7, 11) is 1.63. The molecule has 17 heavy (non-hydrogen) atoms. The van der Waals surface area contributed by atoms with Gasteiger partial charge in [-0.3, -0.25) is 4.79 Å². The van der Waals surface area contributed by atoms with E-state index >= 15 is 0 Å². The number of amides is 1. The van der Waals surface area contributed by atoms with E-state index in [4.69, 9.17) is 4.74 Å². The van der Waals surface area contributed by atoms with Crippen LogP contribution in [0.4, 0.5) is 4.39 Å². The molecule has 0 aliphatic heterocycles. The molecule has 0 saturated heterocycles. The zero-order valence-electron chi connectivity index (χ0n) is 9.87. The van der Waals surface area contributed by atoms with Crippen molar-refractivity contribution in [2.24, 2.45) is 0 Å². The van der Waals surface area contributed by atoms with Gasteiger partial charge in [-0.25, -0.2) is 4.39 Å². The van der Waals surface area contributed by atoms with Crippen LogP contribution in [0, 0.1) is 5.82 Å². The zero-order chi connectivity index (χ0) is 12.8. The molecule has 1 amide bonds. The van der Waals surface area contributed by atoms with Gasteiger partial charge in [-0.15, -0.1) is 0 Å². The van der Waals surface area contributed by atoms with E-state index < -0.39 is 5.82 Å². The summed E-state index contributed by atoms with van der Waals surface area (Å²) in [5.41, 5.74) is 0.0616. The van der Waals surface area contributed by atoms with Crippen LogP contribution >= 0.6 is 15.9 Å². The monoisotopic (exact) mass is 303 g/mol. The molecule has 0 aliphatic rings. The smallest absolute Gasteiger partial charge is 0.257 e. The lowest BCUT2D eigenvalue weighted by atomic mass is 10.2. The van der Waals surface area contributed by atoms with Crippen LogP contribution in [-0.2, 0) is 4.74 Å². The number of hydrogen-bond donors (Lipinski definition) is 0. The molecule has 3 nitrogen and oxygen atoms in total. The van der Waals surface area contributed by atoms with Crippen LogP contribution in [0.15, 0.2) is 22.7 Å². The average molecular weight is 304 g/mol. The fourth-order valence-corrected chi connectivity index (χ4v) is 1.85. The molecule has 1 rings (SSSR count). The second-order valence-corrected chi connectivity index (χ2v) is 4.37. The van der Waals surface area contributed by atoms with Gasteiger partial charge in [0.25, 0.3) is 5.91 Å². The van der Waals surface area contributed by atoms with E-state index in [1.807, 2.05) is 6.92 Å². The van der Waals surface area contributed by atoms with Crippen molar-refractivity contribution in [3.05, 3.63) is 34.1 Å². The first-order valence-corrected chi connectivity index (χ1v) is 6.14. The molecule has 0 saturated carbocycles. The van der Waals surface area contributed by atoms with E-state index in [9.17, 15) is 9.18 Å². The number of likely N-dealkylation sites (N-methyl/N-ethyl adjacent to an activating group) is 1. The van der Waals surface area contributed by atoms with Crippen LogP contribution in [0.5, 0.6) is 0 Å². The number of carbonyl (C=O) groups is 1. The van der Waals surface area contributed by atoms with Crippen LogP contribution in [-0.4, -0.2) is 37.6 Å². The van der Waals surface area contributed by atoms with Gasteiger partial charge >= 0.3 is 0 Å². The van der Waals surface area contributed by atoms with Crippen molar-refractivity contribution in [2.75, 3.05) is 26.8 Å². The van der Waals surface area contributed by atoms with E-state index in [0.717, 1.165) is 0 Å². The van der Waals surface area contributed by atoms with Gasteiger partial charge < -0.3 is 9.64 Å². The highest BCUT2D eigenvalue weighted by atomic mass is 79.9. The number of benzene rings is 1. The van der Waals surface area contributed by atoms with E-state index in [0.29, 0.717) is 24.2 Å². The van der Waals surface area contributed by atoms with Gasteiger partial charge in [0.05, 0.1) is 12.2 Å². The Morgan fingerprint density at radius 3 is 2.82 bits per heavy atom. The maximum atomic E-state index is 13.5. The zero-order valence-corrected chi connectivity index (χ0v) is 11.5. The van der Waals surface area contributed by atoms with Crippen LogP contribution in [0.2, 0.25) is 0 Å². The van der Waals surface area contributed by atoms with Crippen LogP contribution in [0.3, 0.4) is 0 Å². The minimum absolute atomic E-state index is 0.0616. The summed E-state index contributed by atoms with van der Waals surface area (Å²) in [6.07, 6.45) is 0.